The van der Waals surface area contributed by atoms with Crippen molar-refractivity contribution >= 4 is 34.5 Å². The SMILES string of the molecule is Cn1cc(Nc2ncc3c(-c4cnc5ncc(Cl)n5c4)ccn3n2)cn1. The van der Waals surface area contributed by atoms with Crippen LogP contribution in [-0.2, 0) is 7.05 Å². The minimum absolute atomic E-state index is 0.485. The second-order valence-electron chi connectivity index (χ2n) is 5.76. The molecule has 0 bridgehead atoms. The maximum atomic E-state index is 6.14. The third kappa shape index (κ3) is 2.37. The fraction of sp³-hybridized carbons (Fsp3) is 0.0625. The van der Waals surface area contributed by atoms with Crippen LogP contribution in [0, 0.1) is 0 Å². The Morgan fingerprint density at radius 1 is 1.04 bits per heavy atom. The van der Waals surface area contributed by atoms with Gasteiger partial charge in [0.2, 0.25) is 11.7 Å². The van der Waals surface area contributed by atoms with Crippen LogP contribution in [-0.4, -0.2) is 38.7 Å². The Balaban J connectivity index is 1.55. The zero-order chi connectivity index (χ0) is 17.7. The maximum Gasteiger partial charge on any atom is 0.245 e. The molecule has 1 N–H and O–H groups in total. The summed E-state index contributed by atoms with van der Waals surface area (Å²) < 4.78 is 5.21. The lowest BCUT2D eigenvalue weighted by Gasteiger charge is -2.04. The average Bonchev–Trinajstić information content (AvgIpc) is 3.34. The summed E-state index contributed by atoms with van der Waals surface area (Å²) in [6.07, 6.45) is 12.4. The molecule has 9 nitrogen and oxygen atoms in total. The molecule has 0 saturated heterocycles. The van der Waals surface area contributed by atoms with E-state index in [4.69, 9.17) is 11.6 Å². The van der Waals surface area contributed by atoms with Crippen molar-refractivity contribution in [3.8, 4) is 11.1 Å². The summed E-state index contributed by atoms with van der Waals surface area (Å²) in [6.45, 7) is 0. The highest BCUT2D eigenvalue weighted by atomic mass is 35.5. The summed E-state index contributed by atoms with van der Waals surface area (Å²) in [7, 11) is 1.85. The largest absolute Gasteiger partial charge is 0.320 e. The molecule has 0 atom stereocenters. The molecule has 0 saturated carbocycles. The topological polar surface area (TPSA) is 90.2 Å². The summed E-state index contributed by atoms with van der Waals surface area (Å²) in [5, 5.41) is 12.2. The van der Waals surface area contributed by atoms with Crippen LogP contribution < -0.4 is 5.32 Å². The Bertz CT molecular complexity index is 1250. The molecule has 26 heavy (non-hydrogen) atoms. The van der Waals surface area contributed by atoms with Crippen molar-refractivity contribution in [2.24, 2.45) is 7.05 Å². The Morgan fingerprint density at radius 3 is 2.77 bits per heavy atom. The highest BCUT2D eigenvalue weighted by Crippen LogP contribution is 2.26. The first-order chi connectivity index (χ1) is 12.7. The summed E-state index contributed by atoms with van der Waals surface area (Å²) in [5.41, 5.74) is 3.54. The lowest BCUT2D eigenvalue weighted by atomic mass is 10.1. The number of aryl methyl sites for hydroxylation is 1. The molecular formula is C16H12ClN9. The van der Waals surface area contributed by atoms with Crippen LogP contribution >= 0.6 is 11.6 Å². The lowest BCUT2D eigenvalue weighted by Crippen LogP contribution is -2.01. The fourth-order valence-electron chi connectivity index (χ4n) is 2.80. The van der Waals surface area contributed by atoms with Gasteiger partial charge in [-0.05, 0) is 6.07 Å². The fourth-order valence-corrected chi connectivity index (χ4v) is 2.97. The number of hydrogen-bond acceptors (Lipinski definition) is 6. The van der Waals surface area contributed by atoms with Gasteiger partial charge in [0.05, 0.1) is 29.8 Å². The molecule has 128 valence electrons. The maximum absolute atomic E-state index is 6.14. The van der Waals surface area contributed by atoms with E-state index in [0.29, 0.717) is 16.9 Å². The molecule has 0 aliphatic rings. The number of aromatic nitrogens is 8. The molecule has 0 radical (unpaired) electrons. The van der Waals surface area contributed by atoms with Gasteiger partial charge in [-0.3, -0.25) is 9.08 Å². The molecule has 5 aromatic heterocycles. The standard InChI is InChI=1S/C16H12ClN9/c1-24-9-11(5-21-24)22-15-18-6-13-12(2-3-26(13)23-15)10-4-19-16-20-7-14(17)25(16)8-10/h2-9H,1H3,(H,22,23). The van der Waals surface area contributed by atoms with E-state index in [1.54, 1.807) is 38.4 Å². The zero-order valence-electron chi connectivity index (χ0n) is 13.6. The van der Waals surface area contributed by atoms with Crippen molar-refractivity contribution < 1.29 is 0 Å². The molecule has 5 heterocycles. The first-order valence-electron chi connectivity index (χ1n) is 7.76. The minimum atomic E-state index is 0.485. The quantitative estimate of drug-likeness (QED) is 0.528. The van der Waals surface area contributed by atoms with Crippen LogP contribution in [0.4, 0.5) is 11.6 Å². The third-order valence-electron chi connectivity index (χ3n) is 4.01. The first-order valence-corrected chi connectivity index (χ1v) is 8.14. The van der Waals surface area contributed by atoms with Crippen molar-refractivity contribution in [1.82, 2.24) is 38.7 Å². The Labute approximate surface area is 151 Å². The van der Waals surface area contributed by atoms with Crippen LogP contribution in [0.3, 0.4) is 0 Å². The van der Waals surface area contributed by atoms with Crippen molar-refractivity contribution in [2.75, 3.05) is 5.32 Å². The Morgan fingerprint density at radius 2 is 1.92 bits per heavy atom. The van der Waals surface area contributed by atoms with E-state index in [-0.39, 0.29) is 0 Å². The molecule has 10 heteroatoms. The summed E-state index contributed by atoms with van der Waals surface area (Å²) in [4.78, 5) is 12.9. The minimum Gasteiger partial charge on any atom is -0.320 e. The van der Waals surface area contributed by atoms with Crippen LogP contribution in [0.25, 0.3) is 22.4 Å². The second kappa shape index (κ2) is 5.53. The van der Waals surface area contributed by atoms with Crippen molar-refractivity contribution in [3.05, 3.63) is 54.6 Å². The Hall–Kier alpha value is -3.46. The van der Waals surface area contributed by atoms with Gasteiger partial charge in [0.25, 0.3) is 0 Å². The van der Waals surface area contributed by atoms with Gasteiger partial charge in [-0.25, -0.2) is 19.5 Å². The van der Waals surface area contributed by atoms with E-state index >= 15 is 0 Å². The molecule has 5 aromatic rings. The first kappa shape index (κ1) is 14.8. The highest BCUT2D eigenvalue weighted by Gasteiger charge is 2.11. The number of imidazole rings is 1. The van der Waals surface area contributed by atoms with Crippen molar-refractivity contribution in [2.45, 2.75) is 0 Å². The number of rotatable bonds is 3. The van der Waals surface area contributed by atoms with E-state index in [9.17, 15) is 0 Å². The number of halogens is 1. The van der Waals surface area contributed by atoms with Gasteiger partial charge >= 0.3 is 0 Å². The van der Waals surface area contributed by atoms with E-state index in [1.165, 1.54) is 0 Å². The predicted molar refractivity (Wildman–Crippen MR) is 96.5 cm³/mol. The molecule has 0 fully saturated rings. The number of nitrogens with one attached hydrogen (secondary N) is 1. The highest BCUT2D eigenvalue weighted by molar-refractivity contribution is 6.29. The van der Waals surface area contributed by atoms with Crippen LogP contribution in [0.15, 0.2) is 49.4 Å². The molecule has 0 aliphatic heterocycles. The smallest absolute Gasteiger partial charge is 0.245 e. The molecule has 0 aromatic carbocycles. The monoisotopic (exact) mass is 365 g/mol. The predicted octanol–water partition coefficient (Wildman–Crippen LogP) is 2.57. The third-order valence-corrected chi connectivity index (χ3v) is 4.29. The van der Waals surface area contributed by atoms with Gasteiger partial charge in [0.1, 0.15) is 5.15 Å². The van der Waals surface area contributed by atoms with Gasteiger partial charge in [-0.15, -0.1) is 5.10 Å². The van der Waals surface area contributed by atoms with E-state index in [2.05, 4.69) is 30.5 Å². The number of hydrogen-bond donors (Lipinski definition) is 1. The van der Waals surface area contributed by atoms with Crippen LogP contribution in [0.2, 0.25) is 5.15 Å². The average molecular weight is 366 g/mol. The number of fused-ring (bicyclic) bond motifs is 2. The Kier molecular flexibility index (Phi) is 3.16. The molecular weight excluding hydrogens is 354 g/mol. The van der Waals surface area contributed by atoms with Gasteiger partial charge in [0, 0.05) is 43.0 Å². The molecule has 0 spiro atoms. The van der Waals surface area contributed by atoms with E-state index in [0.717, 1.165) is 22.3 Å². The van der Waals surface area contributed by atoms with Crippen LogP contribution in [0.5, 0.6) is 0 Å². The summed E-state index contributed by atoms with van der Waals surface area (Å²) in [5.74, 6) is 1.04. The van der Waals surface area contributed by atoms with Gasteiger partial charge in [-0.1, -0.05) is 11.6 Å². The molecule has 0 amide bonds. The number of nitrogens with zero attached hydrogens (tertiary/aromatic N) is 8. The van der Waals surface area contributed by atoms with Gasteiger partial charge in [0.15, 0.2) is 0 Å². The summed E-state index contributed by atoms with van der Waals surface area (Å²) in [6, 6.07) is 1.96. The van der Waals surface area contributed by atoms with E-state index in [1.807, 2.05) is 31.7 Å². The lowest BCUT2D eigenvalue weighted by molar-refractivity contribution is 0.768. The molecule has 0 unspecified atom stereocenters. The van der Waals surface area contributed by atoms with Gasteiger partial charge in [-0.2, -0.15) is 5.10 Å². The van der Waals surface area contributed by atoms with Gasteiger partial charge < -0.3 is 5.32 Å². The normalized spacial score (nSPS) is 11.5. The molecule has 5 rings (SSSR count). The molecule has 0 aliphatic carbocycles. The summed E-state index contributed by atoms with van der Waals surface area (Å²) >= 11 is 6.14. The van der Waals surface area contributed by atoms with Crippen molar-refractivity contribution in [1.29, 1.82) is 0 Å². The second-order valence-corrected chi connectivity index (χ2v) is 6.15. The van der Waals surface area contributed by atoms with E-state index < -0.39 is 0 Å². The van der Waals surface area contributed by atoms with Crippen molar-refractivity contribution in [3.63, 3.8) is 0 Å². The zero-order valence-corrected chi connectivity index (χ0v) is 14.3. The van der Waals surface area contributed by atoms with Crippen LogP contribution in [0.1, 0.15) is 0 Å². The number of anilines is 2.